The summed E-state index contributed by atoms with van der Waals surface area (Å²) in [4.78, 5) is 0. The lowest BCUT2D eigenvalue weighted by Gasteiger charge is -2.42. The van der Waals surface area contributed by atoms with Crippen molar-refractivity contribution in [3.8, 4) is 6.07 Å². The van der Waals surface area contributed by atoms with E-state index in [0.717, 1.165) is 37.0 Å². The summed E-state index contributed by atoms with van der Waals surface area (Å²) in [5.74, 6) is 3.47. The first-order valence-electron chi connectivity index (χ1n) is 11.8. The van der Waals surface area contributed by atoms with Crippen molar-refractivity contribution < 1.29 is 9.47 Å². The fraction of sp³-hybridized carbons (Fsp3) is 0.958. The van der Waals surface area contributed by atoms with Crippen LogP contribution in [0.15, 0.2) is 0 Å². The average molecular weight is 376 g/mol. The molecule has 0 unspecified atom stereocenters. The van der Waals surface area contributed by atoms with E-state index in [0.29, 0.717) is 19.1 Å². The van der Waals surface area contributed by atoms with Crippen LogP contribution in [0.25, 0.3) is 0 Å². The molecule has 3 heteroatoms. The fourth-order valence-corrected chi connectivity index (χ4v) is 5.87. The molecule has 2 aliphatic carbocycles. The second-order valence-electron chi connectivity index (χ2n) is 9.73. The molecule has 3 fully saturated rings. The van der Waals surface area contributed by atoms with E-state index in [1.807, 2.05) is 0 Å². The molecule has 0 amide bonds. The maximum Gasteiger partial charge on any atom is 0.160 e. The number of unbranched alkanes of at least 4 members (excludes halogenated alkanes) is 1. The van der Waals surface area contributed by atoms with Crippen LogP contribution < -0.4 is 0 Å². The zero-order valence-corrected chi connectivity index (χ0v) is 17.8. The second kappa shape index (κ2) is 10.3. The van der Waals surface area contributed by atoms with Gasteiger partial charge in [0.1, 0.15) is 5.41 Å². The number of hydrogen-bond acceptors (Lipinski definition) is 3. The predicted octanol–water partition coefficient (Wildman–Crippen LogP) is 6.47. The third-order valence-corrected chi connectivity index (χ3v) is 7.75. The van der Waals surface area contributed by atoms with Gasteiger partial charge < -0.3 is 9.47 Å². The minimum atomic E-state index is -0.402. The van der Waals surface area contributed by atoms with Crippen molar-refractivity contribution in [2.45, 2.75) is 104 Å². The summed E-state index contributed by atoms with van der Waals surface area (Å²) in [7, 11) is 0. The van der Waals surface area contributed by atoms with Crippen molar-refractivity contribution >= 4 is 0 Å². The highest BCUT2D eigenvalue weighted by Crippen LogP contribution is 2.44. The molecule has 2 saturated carbocycles. The van der Waals surface area contributed by atoms with Gasteiger partial charge in [-0.05, 0) is 62.7 Å². The van der Waals surface area contributed by atoms with Gasteiger partial charge in [0.2, 0.25) is 0 Å². The molecular formula is C24H41NO2. The maximum atomic E-state index is 9.59. The van der Waals surface area contributed by atoms with Gasteiger partial charge in [-0.1, -0.05) is 52.4 Å². The van der Waals surface area contributed by atoms with E-state index >= 15 is 0 Å². The SMILES string of the molecule is CCCC[C@]1(C#N)CO[C@H]([C@H]2CC[C@@H]([C@H]3CC[C@H](CCC)CC3)CC2)OC1. The van der Waals surface area contributed by atoms with Gasteiger partial charge in [0.15, 0.2) is 6.29 Å². The molecule has 0 aromatic rings. The van der Waals surface area contributed by atoms with Gasteiger partial charge in [-0.3, -0.25) is 0 Å². The highest BCUT2D eigenvalue weighted by atomic mass is 16.7. The van der Waals surface area contributed by atoms with E-state index in [4.69, 9.17) is 9.47 Å². The van der Waals surface area contributed by atoms with Gasteiger partial charge in [0, 0.05) is 5.92 Å². The molecule has 0 atom stereocenters. The van der Waals surface area contributed by atoms with Crippen LogP contribution in [0, 0.1) is 40.4 Å². The normalized spacial score (nSPS) is 40.4. The quantitative estimate of drug-likeness (QED) is 0.512. The van der Waals surface area contributed by atoms with E-state index in [1.54, 1.807) is 0 Å². The molecule has 3 rings (SSSR count). The third kappa shape index (κ3) is 5.48. The summed E-state index contributed by atoms with van der Waals surface area (Å²) in [5.41, 5.74) is -0.402. The summed E-state index contributed by atoms with van der Waals surface area (Å²) >= 11 is 0. The molecule has 3 aliphatic rings. The van der Waals surface area contributed by atoms with E-state index in [-0.39, 0.29) is 6.29 Å². The molecule has 1 heterocycles. The molecule has 0 N–H and O–H groups in total. The van der Waals surface area contributed by atoms with Crippen LogP contribution in [0.2, 0.25) is 0 Å². The van der Waals surface area contributed by atoms with E-state index < -0.39 is 5.41 Å². The monoisotopic (exact) mass is 375 g/mol. The lowest BCUT2D eigenvalue weighted by Crippen LogP contribution is -2.44. The van der Waals surface area contributed by atoms with Crippen molar-refractivity contribution in [2.75, 3.05) is 13.2 Å². The van der Waals surface area contributed by atoms with Gasteiger partial charge in [-0.25, -0.2) is 0 Å². The van der Waals surface area contributed by atoms with E-state index in [1.165, 1.54) is 64.2 Å². The van der Waals surface area contributed by atoms with Crippen molar-refractivity contribution in [3.05, 3.63) is 0 Å². The first kappa shape index (κ1) is 21.1. The van der Waals surface area contributed by atoms with Crippen molar-refractivity contribution in [2.24, 2.45) is 29.1 Å². The van der Waals surface area contributed by atoms with Gasteiger partial charge in [0.25, 0.3) is 0 Å². The van der Waals surface area contributed by atoms with Crippen LogP contribution in [0.3, 0.4) is 0 Å². The zero-order chi connectivity index (χ0) is 19.1. The Kier molecular flexibility index (Phi) is 8.03. The molecule has 0 radical (unpaired) electrons. The van der Waals surface area contributed by atoms with Crippen LogP contribution in [0.5, 0.6) is 0 Å². The van der Waals surface area contributed by atoms with Crippen LogP contribution in [0.1, 0.15) is 97.3 Å². The Hall–Kier alpha value is -0.590. The van der Waals surface area contributed by atoms with E-state index in [9.17, 15) is 5.26 Å². The molecular weight excluding hydrogens is 334 g/mol. The van der Waals surface area contributed by atoms with Crippen LogP contribution >= 0.6 is 0 Å². The second-order valence-corrected chi connectivity index (χ2v) is 9.73. The minimum absolute atomic E-state index is 0.0608. The highest BCUT2D eigenvalue weighted by molar-refractivity contribution is 5.00. The molecule has 3 nitrogen and oxygen atoms in total. The lowest BCUT2D eigenvalue weighted by atomic mass is 9.68. The van der Waals surface area contributed by atoms with Gasteiger partial charge >= 0.3 is 0 Å². The standard InChI is InChI=1S/C24H41NO2/c1-3-5-15-24(16-25)17-26-23(27-18-24)22-13-11-21(12-14-22)20-9-7-19(6-4-2)8-10-20/h19-23H,3-15,17-18H2,1-2H3/t19-,20-,21-,22+,23-,24-. The summed E-state index contributed by atoms with van der Waals surface area (Å²) in [5, 5.41) is 9.59. The first-order valence-corrected chi connectivity index (χ1v) is 11.8. The molecule has 1 saturated heterocycles. The average Bonchev–Trinajstić information content (AvgIpc) is 2.74. The third-order valence-electron chi connectivity index (χ3n) is 7.75. The topological polar surface area (TPSA) is 42.2 Å². The summed E-state index contributed by atoms with van der Waals surface area (Å²) in [6.07, 6.45) is 16.9. The first-order chi connectivity index (χ1) is 13.2. The van der Waals surface area contributed by atoms with Crippen LogP contribution in [-0.2, 0) is 9.47 Å². The number of nitrogens with zero attached hydrogens (tertiary/aromatic N) is 1. The Morgan fingerprint density at radius 3 is 1.89 bits per heavy atom. The molecule has 0 aromatic carbocycles. The van der Waals surface area contributed by atoms with E-state index in [2.05, 4.69) is 19.9 Å². The molecule has 0 spiro atoms. The molecule has 0 bridgehead atoms. The summed E-state index contributed by atoms with van der Waals surface area (Å²) in [6, 6.07) is 2.49. The number of rotatable bonds is 7. The zero-order valence-electron chi connectivity index (χ0n) is 17.8. The highest BCUT2D eigenvalue weighted by Gasteiger charge is 2.41. The Morgan fingerprint density at radius 2 is 1.37 bits per heavy atom. The summed E-state index contributed by atoms with van der Waals surface area (Å²) in [6.45, 7) is 5.63. The lowest BCUT2D eigenvalue weighted by molar-refractivity contribution is -0.244. The Balaban J connectivity index is 1.39. The van der Waals surface area contributed by atoms with Gasteiger partial charge in [0.05, 0.1) is 19.3 Å². The smallest absolute Gasteiger partial charge is 0.160 e. The molecule has 0 aromatic heterocycles. The van der Waals surface area contributed by atoms with Gasteiger partial charge in [-0.2, -0.15) is 5.26 Å². The predicted molar refractivity (Wildman–Crippen MR) is 109 cm³/mol. The van der Waals surface area contributed by atoms with Crippen LogP contribution in [-0.4, -0.2) is 19.5 Å². The van der Waals surface area contributed by atoms with Crippen molar-refractivity contribution in [1.29, 1.82) is 5.26 Å². The molecule has 27 heavy (non-hydrogen) atoms. The summed E-state index contributed by atoms with van der Waals surface area (Å²) < 4.78 is 12.2. The Morgan fingerprint density at radius 1 is 0.815 bits per heavy atom. The molecule has 1 aliphatic heterocycles. The van der Waals surface area contributed by atoms with Crippen molar-refractivity contribution in [3.63, 3.8) is 0 Å². The minimum Gasteiger partial charge on any atom is -0.351 e. The van der Waals surface area contributed by atoms with Crippen LogP contribution in [0.4, 0.5) is 0 Å². The number of ether oxygens (including phenoxy) is 2. The Bertz CT molecular complexity index is 461. The van der Waals surface area contributed by atoms with Gasteiger partial charge in [-0.15, -0.1) is 0 Å². The largest absolute Gasteiger partial charge is 0.351 e. The maximum absolute atomic E-state index is 9.59. The number of nitriles is 1. The molecule has 154 valence electrons. The number of hydrogen-bond donors (Lipinski definition) is 0. The van der Waals surface area contributed by atoms with Crippen molar-refractivity contribution in [1.82, 2.24) is 0 Å². The Labute approximate surface area is 167 Å². The fourth-order valence-electron chi connectivity index (χ4n) is 5.87.